The lowest BCUT2D eigenvalue weighted by Crippen LogP contribution is -2.10. The van der Waals surface area contributed by atoms with Crippen molar-refractivity contribution in [1.82, 2.24) is 0 Å². The molecule has 2 aromatic carbocycles. The fraction of sp³-hybridized carbons (Fsp3) is 0.211. The number of rotatable bonds is 2. The third kappa shape index (κ3) is 2.68. The van der Waals surface area contributed by atoms with Crippen LogP contribution in [0, 0.1) is 0 Å². The van der Waals surface area contributed by atoms with Gasteiger partial charge in [0.1, 0.15) is 12.4 Å². The SMILES string of the molecule is O=C(CBr)c1ccc2c(c1)COc1cc3c(cc1-2)CCC(Br)=C3. The number of alkyl halides is 1. The lowest BCUT2D eigenvalue weighted by molar-refractivity contribution is 0.102. The van der Waals surface area contributed by atoms with Crippen molar-refractivity contribution < 1.29 is 9.53 Å². The molecule has 0 bridgehead atoms. The number of aryl methyl sites for hydroxylation is 1. The van der Waals surface area contributed by atoms with Gasteiger partial charge in [-0.3, -0.25) is 4.79 Å². The Labute approximate surface area is 151 Å². The van der Waals surface area contributed by atoms with Crippen molar-refractivity contribution >= 4 is 43.7 Å². The van der Waals surface area contributed by atoms with E-state index in [2.05, 4.69) is 50.1 Å². The molecule has 0 saturated heterocycles. The van der Waals surface area contributed by atoms with Crippen LogP contribution in [0.5, 0.6) is 5.75 Å². The Bertz CT molecular complexity index is 853. The van der Waals surface area contributed by atoms with Gasteiger partial charge in [-0.25, -0.2) is 0 Å². The van der Waals surface area contributed by atoms with Crippen LogP contribution in [0.3, 0.4) is 0 Å². The third-order valence-electron chi connectivity index (χ3n) is 4.41. The number of carbonyl (C=O) groups is 1. The van der Waals surface area contributed by atoms with Crippen LogP contribution in [0.1, 0.15) is 33.5 Å². The smallest absolute Gasteiger partial charge is 0.173 e. The van der Waals surface area contributed by atoms with Crippen LogP contribution in [0.4, 0.5) is 0 Å². The minimum Gasteiger partial charge on any atom is -0.488 e. The van der Waals surface area contributed by atoms with Crippen molar-refractivity contribution in [3.63, 3.8) is 0 Å². The standard InChI is InChI=1S/C19H14Br2O2/c20-9-18(22)12-2-4-16-14(5-12)10-23-19-8-13-6-15(21)3-1-11(13)7-17(16)19/h2,4-8H,1,3,9-10H2. The lowest BCUT2D eigenvalue weighted by atomic mass is 9.89. The van der Waals surface area contributed by atoms with Crippen LogP contribution >= 0.6 is 31.9 Å². The number of fused-ring (bicyclic) bond motifs is 4. The quantitative estimate of drug-likeness (QED) is 0.461. The molecule has 116 valence electrons. The Hall–Kier alpha value is -1.39. The van der Waals surface area contributed by atoms with Crippen molar-refractivity contribution in [2.45, 2.75) is 19.4 Å². The first kappa shape index (κ1) is 15.2. The van der Waals surface area contributed by atoms with Crippen molar-refractivity contribution in [1.29, 1.82) is 0 Å². The summed E-state index contributed by atoms with van der Waals surface area (Å²) in [6.07, 6.45) is 4.25. The molecular weight excluding hydrogens is 420 g/mol. The highest BCUT2D eigenvalue weighted by Gasteiger charge is 2.21. The number of ether oxygens (including phenoxy) is 1. The van der Waals surface area contributed by atoms with E-state index in [9.17, 15) is 4.79 Å². The average Bonchev–Trinajstić information content (AvgIpc) is 2.58. The van der Waals surface area contributed by atoms with E-state index in [0.717, 1.165) is 35.3 Å². The molecule has 2 aliphatic rings. The molecule has 0 fully saturated rings. The molecule has 0 radical (unpaired) electrons. The second kappa shape index (κ2) is 5.91. The first-order valence-corrected chi connectivity index (χ1v) is 9.45. The summed E-state index contributed by atoms with van der Waals surface area (Å²) >= 11 is 6.82. The molecule has 4 heteroatoms. The van der Waals surface area contributed by atoms with Gasteiger partial charge < -0.3 is 4.74 Å². The van der Waals surface area contributed by atoms with E-state index >= 15 is 0 Å². The summed E-state index contributed by atoms with van der Waals surface area (Å²) in [7, 11) is 0. The van der Waals surface area contributed by atoms with E-state index in [4.69, 9.17) is 4.74 Å². The Balaban J connectivity index is 1.82. The summed E-state index contributed by atoms with van der Waals surface area (Å²) in [4.78, 5) is 11.9. The molecule has 0 aromatic heterocycles. The molecule has 4 rings (SSSR count). The minimum absolute atomic E-state index is 0.0963. The van der Waals surface area contributed by atoms with E-state index in [-0.39, 0.29) is 5.78 Å². The Morgan fingerprint density at radius 1 is 1.09 bits per heavy atom. The lowest BCUT2D eigenvalue weighted by Gasteiger charge is -2.24. The van der Waals surface area contributed by atoms with Gasteiger partial charge in [0, 0.05) is 11.1 Å². The van der Waals surface area contributed by atoms with Gasteiger partial charge in [0.05, 0.1) is 5.33 Å². The first-order chi connectivity index (χ1) is 11.2. The highest BCUT2D eigenvalue weighted by atomic mass is 79.9. The van der Waals surface area contributed by atoms with Crippen LogP contribution < -0.4 is 4.74 Å². The van der Waals surface area contributed by atoms with E-state index in [0.29, 0.717) is 11.9 Å². The van der Waals surface area contributed by atoms with Gasteiger partial charge in [0.2, 0.25) is 0 Å². The summed E-state index contributed by atoms with van der Waals surface area (Å²) in [5.41, 5.74) is 6.71. The van der Waals surface area contributed by atoms with Crippen LogP contribution in [-0.2, 0) is 13.0 Å². The predicted molar refractivity (Wildman–Crippen MR) is 99.6 cm³/mol. The number of benzene rings is 2. The molecule has 0 spiro atoms. The number of hydrogen-bond acceptors (Lipinski definition) is 2. The zero-order valence-corrected chi connectivity index (χ0v) is 15.5. The largest absolute Gasteiger partial charge is 0.488 e. The maximum atomic E-state index is 11.9. The average molecular weight is 434 g/mol. The second-order valence-corrected chi connectivity index (χ2v) is 7.44. The summed E-state index contributed by atoms with van der Waals surface area (Å²) < 4.78 is 7.19. The maximum absolute atomic E-state index is 11.9. The number of Topliss-reactive ketones (excluding diaryl/α,β-unsaturated/α-hetero) is 1. The van der Waals surface area contributed by atoms with Crippen LogP contribution in [0.2, 0.25) is 0 Å². The summed E-state index contributed by atoms with van der Waals surface area (Å²) in [6, 6.07) is 10.3. The molecule has 0 saturated carbocycles. The van der Waals surface area contributed by atoms with Gasteiger partial charge in [0.15, 0.2) is 5.78 Å². The van der Waals surface area contributed by atoms with E-state index in [1.165, 1.54) is 21.2 Å². The molecule has 0 amide bonds. The number of ketones is 1. The molecule has 1 aliphatic heterocycles. The van der Waals surface area contributed by atoms with Gasteiger partial charge >= 0.3 is 0 Å². The topological polar surface area (TPSA) is 26.3 Å². The number of hydrogen-bond donors (Lipinski definition) is 0. The molecule has 1 heterocycles. The summed E-state index contributed by atoms with van der Waals surface area (Å²) in [5.74, 6) is 1.02. The van der Waals surface area contributed by atoms with Gasteiger partial charge in [-0.15, -0.1) is 0 Å². The predicted octanol–water partition coefficient (Wildman–Crippen LogP) is 5.51. The molecule has 23 heavy (non-hydrogen) atoms. The Kier molecular flexibility index (Phi) is 3.90. The highest BCUT2D eigenvalue weighted by molar-refractivity contribution is 9.11. The van der Waals surface area contributed by atoms with Crippen molar-refractivity contribution in [2.75, 3.05) is 5.33 Å². The molecule has 0 N–H and O–H groups in total. The van der Waals surface area contributed by atoms with E-state index in [1.54, 1.807) is 0 Å². The second-order valence-electron chi connectivity index (χ2n) is 5.86. The van der Waals surface area contributed by atoms with Crippen LogP contribution in [0.25, 0.3) is 17.2 Å². The normalized spacial score (nSPS) is 15.0. The van der Waals surface area contributed by atoms with Gasteiger partial charge in [-0.1, -0.05) is 44.0 Å². The molecule has 2 nitrogen and oxygen atoms in total. The fourth-order valence-electron chi connectivity index (χ4n) is 3.20. The maximum Gasteiger partial charge on any atom is 0.173 e. The van der Waals surface area contributed by atoms with Crippen LogP contribution in [-0.4, -0.2) is 11.1 Å². The van der Waals surface area contributed by atoms with Gasteiger partial charge in [0.25, 0.3) is 0 Å². The molecule has 0 atom stereocenters. The van der Waals surface area contributed by atoms with Gasteiger partial charge in [-0.05, 0) is 63.9 Å². The zero-order valence-electron chi connectivity index (χ0n) is 12.4. The first-order valence-electron chi connectivity index (χ1n) is 7.54. The Morgan fingerprint density at radius 2 is 1.96 bits per heavy atom. The third-order valence-corrected chi connectivity index (χ3v) is 5.54. The zero-order chi connectivity index (χ0) is 16.0. The number of halogens is 2. The van der Waals surface area contributed by atoms with Gasteiger partial charge in [-0.2, -0.15) is 0 Å². The summed E-state index contributed by atoms with van der Waals surface area (Å²) in [6.45, 7) is 0.509. The van der Waals surface area contributed by atoms with Crippen molar-refractivity contribution in [3.8, 4) is 16.9 Å². The monoisotopic (exact) mass is 432 g/mol. The summed E-state index contributed by atoms with van der Waals surface area (Å²) in [5, 5.41) is 0.345. The van der Waals surface area contributed by atoms with Crippen molar-refractivity contribution in [2.24, 2.45) is 0 Å². The number of carbonyl (C=O) groups excluding carboxylic acids is 1. The molecule has 0 unspecified atom stereocenters. The fourth-order valence-corrected chi connectivity index (χ4v) is 3.97. The minimum atomic E-state index is 0.0963. The molecular formula is C19H14Br2O2. The molecule has 2 aromatic rings. The van der Waals surface area contributed by atoms with Crippen LogP contribution in [0.15, 0.2) is 34.8 Å². The van der Waals surface area contributed by atoms with E-state index in [1.807, 2.05) is 18.2 Å². The highest BCUT2D eigenvalue weighted by Crippen LogP contribution is 2.42. The Morgan fingerprint density at radius 3 is 2.78 bits per heavy atom. The van der Waals surface area contributed by atoms with E-state index < -0.39 is 0 Å². The van der Waals surface area contributed by atoms with Crippen molar-refractivity contribution in [3.05, 3.63) is 57.1 Å². The molecule has 1 aliphatic carbocycles. The number of allylic oxidation sites excluding steroid dienone is 1.